The molecule has 0 aliphatic carbocycles. The first kappa shape index (κ1) is 15.6. The molecule has 4 nitrogen and oxygen atoms in total. The Morgan fingerprint density at radius 1 is 1.29 bits per heavy atom. The summed E-state index contributed by atoms with van der Waals surface area (Å²) in [5, 5.41) is 0.558. The predicted molar refractivity (Wildman–Crippen MR) is 84.4 cm³/mol. The number of rotatable bonds is 5. The Bertz CT molecular complexity index is 617. The number of hydrogen-bond acceptors (Lipinski definition) is 4. The molecule has 0 fully saturated rings. The van der Waals surface area contributed by atoms with Gasteiger partial charge in [-0.1, -0.05) is 36.0 Å². The molecule has 1 amide bonds. The van der Waals surface area contributed by atoms with Crippen LogP contribution in [0, 0.1) is 20.8 Å². The maximum atomic E-state index is 12.2. The quantitative estimate of drug-likeness (QED) is 0.795. The smallest absolute Gasteiger partial charge is 0.256 e. The van der Waals surface area contributed by atoms with E-state index in [1.807, 2.05) is 39.1 Å². The fraction of sp³-hybridized carbons (Fsp3) is 0.375. The van der Waals surface area contributed by atoms with E-state index in [2.05, 4.69) is 18.0 Å². The van der Waals surface area contributed by atoms with Crippen molar-refractivity contribution in [3.63, 3.8) is 0 Å². The summed E-state index contributed by atoms with van der Waals surface area (Å²) in [7, 11) is 1.82. The second-order valence-electron chi connectivity index (χ2n) is 5.09. The summed E-state index contributed by atoms with van der Waals surface area (Å²) in [6.45, 7) is 6.45. The van der Waals surface area contributed by atoms with Crippen molar-refractivity contribution >= 4 is 17.7 Å². The minimum absolute atomic E-state index is 0.0664. The first-order valence-electron chi connectivity index (χ1n) is 6.82. The van der Waals surface area contributed by atoms with Crippen molar-refractivity contribution in [2.24, 2.45) is 0 Å². The van der Waals surface area contributed by atoms with Crippen LogP contribution in [0.15, 0.2) is 33.9 Å². The normalized spacial score (nSPS) is 10.7. The van der Waals surface area contributed by atoms with E-state index < -0.39 is 0 Å². The van der Waals surface area contributed by atoms with Crippen LogP contribution in [0.1, 0.15) is 22.6 Å². The van der Waals surface area contributed by atoms with E-state index in [1.165, 1.54) is 22.9 Å². The third-order valence-electron chi connectivity index (χ3n) is 3.42. The number of amides is 1. The van der Waals surface area contributed by atoms with Crippen LogP contribution in [-0.2, 0) is 11.3 Å². The highest BCUT2D eigenvalue weighted by Crippen LogP contribution is 2.20. The first-order chi connectivity index (χ1) is 9.97. The van der Waals surface area contributed by atoms with Gasteiger partial charge < -0.3 is 9.32 Å². The van der Waals surface area contributed by atoms with Crippen LogP contribution in [0.3, 0.4) is 0 Å². The molecular formula is C16H20N2O2S. The average molecular weight is 304 g/mol. The number of hydrogen-bond donors (Lipinski definition) is 0. The van der Waals surface area contributed by atoms with Crippen molar-refractivity contribution in [2.75, 3.05) is 12.8 Å². The van der Waals surface area contributed by atoms with E-state index in [1.54, 1.807) is 4.90 Å². The van der Waals surface area contributed by atoms with Gasteiger partial charge in [0.05, 0.1) is 11.4 Å². The highest BCUT2D eigenvalue weighted by Gasteiger charge is 2.13. The van der Waals surface area contributed by atoms with E-state index in [4.69, 9.17) is 4.42 Å². The van der Waals surface area contributed by atoms with Crippen LogP contribution >= 0.6 is 11.8 Å². The largest absolute Gasteiger partial charge is 0.437 e. The maximum absolute atomic E-state index is 12.2. The molecular weight excluding hydrogens is 284 g/mol. The van der Waals surface area contributed by atoms with Gasteiger partial charge in [-0.3, -0.25) is 4.79 Å². The second kappa shape index (κ2) is 6.80. The molecule has 21 heavy (non-hydrogen) atoms. The van der Waals surface area contributed by atoms with Crippen molar-refractivity contribution in [3.05, 3.63) is 46.8 Å². The van der Waals surface area contributed by atoms with Crippen molar-refractivity contribution in [3.8, 4) is 0 Å². The van der Waals surface area contributed by atoms with E-state index >= 15 is 0 Å². The summed E-state index contributed by atoms with van der Waals surface area (Å²) >= 11 is 1.34. The van der Waals surface area contributed by atoms with Gasteiger partial charge in [-0.05, 0) is 31.9 Å². The van der Waals surface area contributed by atoms with Crippen LogP contribution in [0.25, 0.3) is 0 Å². The van der Waals surface area contributed by atoms with Gasteiger partial charge in [-0.2, -0.15) is 0 Å². The molecule has 0 saturated carbocycles. The van der Waals surface area contributed by atoms with E-state index in [0.29, 0.717) is 17.5 Å². The minimum atomic E-state index is 0.0664. The molecule has 1 aromatic heterocycles. The number of carbonyl (C=O) groups excluding carboxylic acids is 1. The molecule has 1 heterocycles. The van der Waals surface area contributed by atoms with Crippen LogP contribution in [0.5, 0.6) is 0 Å². The molecule has 5 heteroatoms. The molecule has 0 saturated heterocycles. The van der Waals surface area contributed by atoms with Crippen molar-refractivity contribution in [1.82, 2.24) is 9.88 Å². The lowest BCUT2D eigenvalue weighted by Crippen LogP contribution is -2.28. The molecule has 0 N–H and O–H groups in total. The molecule has 0 unspecified atom stereocenters. The van der Waals surface area contributed by atoms with Gasteiger partial charge in [-0.25, -0.2) is 4.98 Å². The van der Waals surface area contributed by atoms with Gasteiger partial charge in [0.1, 0.15) is 5.76 Å². The third-order valence-corrected chi connectivity index (χ3v) is 4.24. The zero-order valence-electron chi connectivity index (χ0n) is 12.8. The molecule has 0 aliphatic rings. The highest BCUT2D eigenvalue weighted by molar-refractivity contribution is 7.99. The number of benzene rings is 1. The standard InChI is InChI=1S/C16H20N2O2S/c1-11-7-5-6-8-14(11)9-18(4)15(19)10-21-16-17-12(2)13(3)20-16/h5-8H,9-10H2,1-4H3. The molecule has 0 atom stereocenters. The highest BCUT2D eigenvalue weighted by atomic mass is 32.2. The monoisotopic (exact) mass is 304 g/mol. The number of aryl methyl sites for hydroxylation is 3. The summed E-state index contributed by atoms with van der Waals surface area (Å²) in [4.78, 5) is 18.2. The Morgan fingerprint density at radius 3 is 2.62 bits per heavy atom. The van der Waals surface area contributed by atoms with Crippen molar-refractivity contribution in [1.29, 1.82) is 0 Å². The van der Waals surface area contributed by atoms with Gasteiger partial charge in [0, 0.05) is 13.6 Å². The topological polar surface area (TPSA) is 46.3 Å². The number of aromatic nitrogens is 1. The lowest BCUT2D eigenvalue weighted by atomic mass is 10.1. The van der Waals surface area contributed by atoms with Crippen LogP contribution in [-0.4, -0.2) is 28.6 Å². The fourth-order valence-electron chi connectivity index (χ4n) is 1.87. The van der Waals surface area contributed by atoms with E-state index in [-0.39, 0.29) is 5.91 Å². The summed E-state index contributed by atoms with van der Waals surface area (Å²) in [5.41, 5.74) is 3.24. The molecule has 0 radical (unpaired) electrons. The lowest BCUT2D eigenvalue weighted by Gasteiger charge is -2.18. The number of nitrogens with zero attached hydrogens (tertiary/aromatic N) is 2. The number of thioether (sulfide) groups is 1. The third kappa shape index (κ3) is 4.11. The second-order valence-corrected chi connectivity index (χ2v) is 6.01. The number of carbonyl (C=O) groups is 1. The zero-order chi connectivity index (χ0) is 15.4. The van der Waals surface area contributed by atoms with Crippen LogP contribution in [0.4, 0.5) is 0 Å². The lowest BCUT2D eigenvalue weighted by molar-refractivity contribution is -0.127. The van der Waals surface area contributed by atoms with Crippen molar-refractivity contribution in [2.45, 2.75) is 32.5 Å². The summed E-state index contributed by atoms with van der Waals surface area (Å²) in [5.74, 6) is 1.21. The molecule has 112 valence electrons. The molecule has 2 aromatic rings. The summed E-state index contributed by atoms with van der Waals surface area (Å²) in [6, 6.07) is 8.10. The zero-order valence-corrected chi connectivity index (χ0v) is 13.7. The summed E-state index contributed by atoms with van der Waals surface area (Å²) in [6.07, 6.45) is 0. The fourth-order valence-corrected chi connectivity index (χ4v) is 2.72. The van der Waals surface area contributed by atoms with Gasteiger partial charge in [0.2, 0.25) is 5.91 Å². The molecule has 0 aliphatic heterocycles. The Hall–Kier alpha value is -1.75. The molecule has 1 aromatic carbocycles. The van der Waals surface area contributed by atoms with Crippen molar-refractivity contribution < 1.29 is 9.21 Å². The predicted octanol–water partition coefficient (Wildman–Crippen LogP) is 3.35. The van der Waals surface area contributed by atoms with Gasteiger partial charge in [-0.15, -0.1) is 0 Å². The molecule has 0 bridgehead atoms. The Kier molecular flexibility index (Phi) is 5.07. The van der Waals surface area contributed by atoms with Gasteiger partial charge >= 0.3 is 0 Å². The van der Waals surface area contributed by atoms with Gasteiger partial charge in [0.15, 0.2) is 0 Å². The first-order valence-corrected chi connectivity index (χ1v) is 7.81. The van der Waals surface area contributed by atoms with Crippen LogP contribution in [0.2, 0.25) is 0 Å². The molecule has 2 rings (SSSR count). The van der Waals surface area contributed by atoms with Gasteiger partial charge in [0.25, 0.3) is 5.22 Å². The SMILES string of the molecule is Cc1ccccc1CN(C)C(=O)CSc1nc(C)c(C)o1. The average Bonchev–Trinajstić information content (AvgIpc) is 2.77. The Labute approximate surface area is 129 Å². The number of oxazole rings is 1. The summed E-state index contributed by atoms with van der Waals surface area (Å²) < 4.78 is 5.46. The molecule has 0 spiro atoms. The van der Waals surface area contributed by atoms with E-state index in [9.17, 15) is 4.79 Å². The Morgan fingerprint density at radius 2 is 2.00 bits per heavy atom. The Balaban J connectivity index is 1.89. The maximum Gasteiger partial charge on any atom is 0.256 e. The minimum Gasteiger partial charge on any atom is -0.437 e. The van der Waals surface area contributed by atoms with E-state index in [0.717, 1.165) is 11.5 Å². The van der Waals surface area contributed by atoms with Crippen LogP contribution < -0.4 is 0 Å².